The molecule has 0 fully saturated rings. The number of thioether (sulfide) groups is 1. The Morgan fingerprint density at radius 1 is 1.44 bits per heavy atom. The Kier molecular flexibility index (Phi) is 4.86. The third kappa shape index (κ3) is 3.58. The molecular formula is C9H10BN3O2S. The molecule has 7 heteroatoms. The number of hydrogen-bond donors (Lipinski definition) is 3. The summed E-state index contributed by atoms with van der Waals surface area (Å²) in [5.74, 6) is 0. The average molecular weight is 235 g/mol. The van der Waals surface area contributed by atoms with Gasteiger partial charge in [-0.15, -0.1) is 0 Å². The second-order valence-electron chi connectivity index (χ2n) is 2.82. The van der Waals surface area contributed by atoms with E-state index >= 15 is 0 Å². The zero-order valence-corrected chi connectivity index (χ0v) is 9.40. The first-order valence-electron chi connectivity index (χ1n) is 4.41. The van der Waals surface area contributed by atoms with Gasteiger partial charge in [-0.1, -0.05) is 23.9 Å². The minimum Gasteiger partial charge on any atom is -0.423 e. The number of nitrogens with zero attached hydrogens (tertiary/aromatic N) is 2. The van der Waals surface area contributed by atoms with Gasteiger partial charge in [0.25, 0.3) is 0 Å². The molecule has 16 heavy (non-hydrogen) atoms. The Hall–Kier alpha value is -1.49. The minimum absolute atomic E-state index is 0.401. The van der Waals surface area contributed by atoms with Crippen molar-refractivity contribution in [1.82, 2.24) is 5.32 Å². The SMILES string of the molecule is CSC(=Nc1ccc(B(O)O)cc1)NC#N. The monoisotopic (exact) mass is 235 g/mol. The molecular weight excluding hydrogens is 225 g/mol. The van der Waals surface area contributed by atoms with E-state index in [1.807, 2.05) is 0 Å². The highest BCUT2D eigenvalue weighted by atomic mass is 32.2. The van der Waals surface area contributed by atoms with E-state index in [0.29, 0.717) is 16.3 Å². The first-order valence-corrected chi connectivity index (χ1v) is 5.63. The number of nitriles is 1. The van der Waals surface area contributed by atoms with Crippen molar-refractivity contribution in [3.05, 3.63) is 24.3 Å². The maximum Gasteiger partial charge on any atom is 0.488 e. The molecule has 0 saturated carbocycles. The zero-order chi connectivity index (χ0) is 12.0. The molecule has 0 aromatic heterocycles. The fourth-order valence-corrected chi connectivity index (χ4v) is 1.36. The van der Waals surface area contributed by atoms with Crippen LogP contribution in [0.2, 0.25) is 0 Å². The third-order valence-corrected chi connectivity index (χ3v) is 2.36. The van der Waals surface area contributed by atoms with Gasteiger partial charge in [0.2, 0.25) is 0 Å². The summed E-state index contributed by atoms with van der Waals surface area (Å²) in [5, 5.41) is 29.1. The van der Waals surface area contributed by atoms with Crippen LogP contribution in [-0.2, 0) is 0 Å². The van der Waals surface area contributed by atoms with Gasteiger partial charge in [0.1, 0.15) is 0 Å². The van der Waals surface area contributed by atoms with E-state index in [4.69, 9.17) is 15.3 Å². The minimum atomic E-state index is -1.48. The highest BCUT2D eigenvalue weighted by molar-refractivity contribution is 8.13. The molecule has 1 rings (SSSR count). The van der Waals surface area contributed by atoms with Crippen molar-refractivity contribution in [2.24, 2.45) is 4.99 Å². The summed E-state index contributed by atoms with van der Waals surface area (Å²) in [6.07, 6.45) is 3.59. The van der Waals surface area contributed by atoms with Gasteiger partial charge in [0, 0.05) is 0 Å². The largest absolute Gasteiger partial charge is 0.488 e. The Morgan fingerprint density at radius 2 is 2.06 bits per heavy atom. The van der Waals surface area contributed by atoms with Crippen molar-refractivity contribution in [3.8, 4) is 6.19 Å². The van der Waals surface area contributed by atoms with Crippen molar-refractivity contribution in [3.63, 3.8) is 0 Å². The number of benzene rings is 1. The molecule has 0 amide bonds. The van der Waals surface area contributed by atoms with Crippen molar-refractivity contribution >= 4 is 35.2 Å². The number of hydrogen-bond acceptors (Lipinski definition) is 5. The van der Waals surface area contributed by atoms with E-state index in [-0.39, 0.29) is 0 Å². The lowest BCUT2D eigenvalue weighted by Gasteiger charge is -2.01. The van der Waals surface area contributed by atoms with Gasteiger partial charge in [-0.3, -0.25) is 5.32 Å². The molecule has 1 aromatic carbocycles. The predicted molar refractivity (Wildman–Crippen MR) is 65.6 cm³/mol. The van der Waals surface area contributed by atoms with Gasteiger partial charge in [-0.25, -0.2) is 4.99 Å². The molecule has 3 N–H and O–H groups in total. The molecule has 0 radical (unpaired) electrons. The summed E-state index contributed by atoms with van der Waals surface area (Å²) in [7, 11) is -1.48. The molecule has 5 nitrogen and oxygen atoms in total. The van der Waals surface area contributed by atoms with Crippen LogP contribution in [-0.4, -0.2) is 28.6 Å². The van der Waals surface area contributed by atoms with Crippen LogP contribution in [0.4, 0.5) is 5.69 Å². The number of aliphatic imine (C=N–C) groups is 1. The van der Waals surface area contributed by atoms with Gasteiger partial charge in [0.05, 0.1) is 5.69 Å². The molecule has 0 aliphatic carbocycles. The molecule has 82 valence electrons. The van der Waals surface area contributed by atoms with Crippen molar-refractivity contribution in [2.75, 3.05) is 6.26 Å². The second-order valence-corrected chi connectivity index (χ2v) is 3.62. The summed E-state index contributed by atoms with van der Waals surface area (Å²) < 4.78 is 0. The normalized spacial score (nSPS) is 10.8. The van der Waals surface area contributed by atoms with Crippen LogP contribution in [0.25, 0.3) is 0 Å². The molecule has 0 aliphatic heterocycles. The number of rotatable bonds is 2. The summed E-state index contributed by atoms with van der Waals surface area (Å²) in [6.45, 7) is 0. The lowest BCUT2D eigenvalue weighted by Crippen LogP contribution is -2.29. The topological polar surface area (TPSA) is 88.6 Å². The predicted octanol–water partition coefficient (Wildman–Crippen LogP) is -0.212. The average Bonchev–Trinajstić information content (AvgIpc) is 2.29. The van der Waals surface area contributed by atoms with Crippen molar-refractivity contribution in [2.45, 2.75) is 0 Å². The third-order valence-electron chi connectivity index (χ3n) is 1.78. The lowest BCUT2D eigenvalue weighted by atomic mass is 9.80. The summed E-state index contributed by atoms with van der Waals surface area (Å²) >= 11 is 1.32. The zero-order valence-electron chi connectivity index (χ0n) is 8.58. The van der Waals surface area contributed by atoms with Crippen LogP contribution >= 0.6 is 11.8 Å². The Labute approximate surface area is 98.0 Å². The van der Waals surface area contributed by atoms with E-state index in [9.17, 15) is 0 Å². The Bertz CT molecular complexity index is 414. The molecule has 0 spiro atoms. The molecule has 0 heterocycles. The van der Waals surface area contributed by atoms with Gasteiger partial charge in [0.15, 0.2) is 11.4 Å². The van der Waals surface area contributed by atoms with Crippen LogP contribution < -0.4 is 10.8 Å². The van der Waals surface area contributed by atoms with E-state index < -0.39 is 7.12 Å². The first kappa shape index (κ1) is 12.6. The number of amidine groups is 1. The first-order chi connectivity index (χ1) is 7.67. The highest BCUT2D eigenvalue weighted by Gasteiger charge is 2.09. The molecule has 0 unspecified atom stereocenters. The molecule has 0 aliphatic rings. The molecule has 0 atom stereocenters. The summed E-state index contributed by atoms with van der Waals surface area (Å²) in [4.78, 5) is 4.15. The summed E-state index contributed by atoms with van der Waals surface area (Å²) in [6, 6.07) is 6.41. The van der Waals surface area contributed by atoms with Crippen LogP contribution in [0.15, 0.2) is 29.3 Å². The standard InChI is InChI=1S/C9H10BN3O2S/c1-16-9(12-6-11)13-8-4-2-7(3-5-8)10(14)15/h2-5,14-15H,1H3,(H,12,13). The van der Waals surface area contributed by atoms with E-state index in [1.165, 1.54) is 11.8 Å². The Balaban J connectivity index is 2.86. The maximum atomic E-state index is 8.89. The van der Waals surface area contributed by atoms with Gasteiger partial charge in [-0.05, 0) is 23.9 Å². The van der Waals surface area contributed by atoms with Crippen LogP contribution in [0.5, 0.6) is 0 Å². The second kappa shape index (κ2) is 6.17. The highest BCUT2D eigenvalue weighted by Crippen LogP contribution is 2.11. The molecule has 1 aromatic rings. The van der Waals surface area contributed by atoms with Gasteiger partial charge >= 0.3 is 7.12 Å². The quantitative estimate of drug-likeness (QED) is 0.217. The van der Waals surface area contributed by atoms with Gasteiger partial charge < -0.3 is 10.0 Å². The van der Waals surface area contributed by atoms with Crippen LogP contribution in [0.3, 0.4) is 0 Å². The molecule has 0 bridgehead atoms. The number of nitrogens with one attached hydrogen (secondary N) is 1. The Morgan fingerprint density at radius 3 is 2.50 bits per heavy atom. The van der Waals surface area contributed by atoms with Gasteiger partial charge in [-0.2, -0.15) is 5.26 Å². The van der Waals surface area contributed by atoms with Crippen molar-refractivity contribution < 1.29 is 10.0 Å². The van der Waals surface area contributed by atoms with Crippen molar-refractivity contribution in [1.29, 1.82) is 5.26 Å². The van der Waals surface area contributed by atoms with E-state index in [0.717, 1.165) is 0 Å². The fourth-order valence-electron chi connectivity index (χ4n) is 1.01. The smallest absolute Gasteiger partial charge is 0.423 e. The fraction of sp³-hybridized carbons (Fsp3) is 0.111. The lowest BCUT2D eigenvalue weighted by molar-refractivity contribution is 0.426. The van der Waals surface area contributed by atoms with E-state index in [2.05, 4.69) is 10.3 Å². The maximum absolute atomic E-state index is 8.89. The molecule has 0 saturated heterocycles. The van der Waals surface area contributed by atoms with Crippen LogP contribution in [0.1, 0.15) is 0 Å². The summed E-state index contributed by atoms with van der Waals surface area (Å²) in [5.41, 5.74) is 1.04. The van der Waals surface area contributed by atoms with E-state index in [1.54, 1.807) is 36.7 Å². The van der Waals surface area contributed by atoms with Crippen LogP contribution in [0, 0.1) is 11.5 Å².